The summed E-state index contributed by atoms with van der Waals surface area (Å²) in [5.74, 6) is 6.98. The molecule has 11 aliphatic rings. The van der Waals surface area contributed by atoms with Crippen LogP contribution in [0.4, 0.5) is 0 Å². The number of rotatable bonds is 6. The zero-order chi connectivity index (χ0) is 37.0. The van der Waals surface area contributed by atoms with Gasteiger partial charge in [0.05, 0.1) is 12.1 Å². The van der Waals surface area contributed by atoms with E-state index in [0.717, 1.165) is 60.6 Å². The van der Waals surface area contributed by atoms with Crippen molar-refractivity contribution in [3.05, 3.63) is 107 Å². The molecule has 2 saturated heterocycles. The van der Waals surface area contributed by atoms with E-state index < -0.39 is 0 Å². The van der Waals surface area contributed by atoms with E-state index in [4.69, 9.17) is 4.99 Å². The van der Waals surface area contributed by atoms with Gasteiger partial charge in [-0.2, -0.15) is 0 Å². The van der Waals surface area contributed by atoms with Crippen molar-refractivity contribution in [2.45, 2.75) is 152 Å². The predicted molar refractivity (Wildman–Crippen MR) is 233 cm³/mol. The van der Waals surface area contributed by atoms with Gasteiger partial charge in [0.25, 0.3) is 0 Å². The summed E-state index contributed by atoms with van der Waals surface area (Å²) in [6.45, 7) is 1.06. The Bertz CT molecular complexity index is 1790. The fourth-order valence-electron chi connectivity index (χ4n) is 15.1. The highest BCUT2D eigenvalue weighted by Crippen LogP contribution is 2.56. The summed E-state index contributed by atoms with van der Waals surface area (Å²) in [4.78, 5) is 10.9. The maximum absolute atomic E-state index is 4.69. The fourth-order valence-corrected chi connectivity index (χ4v) is 15.1. The van der Waals surface area contributed by atoms with Gasteiger partial charge in [-0.05, 0) is 174 Å². The van der Waals surface area contributed by atoms with Gasteiger partial charge in [0.1, 0.15) is 0 Å². The first-order chi connectivity index (χ1) is 27.8. The van der Waals surface area contributed by atoms with Crippen LogP contribution < -0.4 is 0 Å². The minimum atomic E-state index is 0.496. The Morgan fingerprint density at radius 3 is 2.46 bits per heavy atom. The SMILES string of the molecule is C1=CCCC(C2C=CC=C(N3C4C=CC=CC4C4CC([C@H]5CC[C@H]6C7CCCCC7N([C@H]7C=C(C8=CCCCC8)C[C@@H](C8CC=NCC8)C7)C6C5)C=C[C@H]43)C2)=C1. The predicted octanol–water partition coefficient (Wildman–Crippen LogP) is 12.1. The third-order valence-electron chi connectivity index (χ3n) is 17.7. The molecule has 0 amide bonds. The first-order valence-corrected chi connectivity index (χ1v) is 24.0. The molecule has 0 aromatic rings. The highest BCUT2D eigenvalue weighted by molar-refractivity contribution is 5.58. The van der Waals surface area contributed by atoms with Crippen LogP contribution in [-0.4, -0.2) is 52.8 Å². The van der Waals surface area contributed by atoms with Gasteiger partial charge in [0.2, 0.25) is 0 Å². The van der Waals surface area contributed by atoms with Gasteiger partial charge in [-0.1, -0.05) is 97.4 Å². The molecule has 3 heteroatoms. The van der Waals surface area contributed by atoms with Gasteiger partial charge in [0, 0.05) is 42.2 Å². The van der Waals surface area contributed by atoms with E-state index in [-0.39, 0.29) is 0 Å². The first-order valence-electron chi connectivity index (χ1n) is 24.0. The van der Waals surface area contributed by atoms with Crippen molar-refractivity contribution in [1.82, 2.24) is 9.80 Å². The molecule has 3 nitrogen and oxygen atoms in total. The van der Waals surface area contributed by atoms with E-state index in [9.17, 15) is 0 Å². The molecule has 0 radical (unpaired) electrons. The van der Waals surface area contributed by atoms with Crippen molar-refractivity contribution < 1.29 is 0 Å². The molecule has 14 atom stereocenters. The van der Waals surface area contributed by atoms with Crippen LogP contribution in [0.5, 0.6) is 0 Å². The summed E-state index contributed by atoms with van der Waals surface area (Å²) in [6, 6.07) is 3.27. The van der Waals surface area contributed by atoms with Crippen molar-refractivity contribution >= 4 is 6.21 Å². The summed E-state index contributed by atoms with van der Waals surface area (Å²) in [6.07, 6.45) is 63.5. The van der Waals surface area contributed by atoms with Crippen molar-refractivity contribution in [3.63, 3.8) is 0 Å². The molecule has 0 N–H and O–H groups in total. The van der Waals surface area contributed by atoms with Gasteiger partial charge in [0.15, 0.2) is 0 Å². The van der Waals surface area contributed by atoms with Gasteiger partial charge in [-0.15, -0.1) is 0 Å². The molecule has 2 saturated carbocycles. The first kappa shape index (κ1) is 36.2. The Morgan fingerprint density at radius 2 is 1.57 bits per heavy atom. The number of likely N-dealkylation sites (tertiary alicyclic amines) is 2. The number of allylic oxidation sites excluding steroid dienone is 14. The molecule has 0 bridgehead atoms. The third-order valence-corrected chi connectivity index (χ3v) is 17.7. The molecule has 0 spiro atoms. The molecule has 296 valence electrons. The molecule has 4 fully saturated rings. The number of nitrogens with zero attached hydrogens (tertiary/aromatic N) is 3. The number of hydrogen-bond donors (Lipinski definition) is 0. The number of aliphatic imine (C=N–C) groups is 1. The number of fused-ring (bicyclic) bond motifs is 6. The molecule has 8 aliphatic carbocycles. The van der Waals surface area contributed by atoms with Gasteiger partial charge in [-0.25, -0.2) is 0 Å². The van der Waals surface area contributed by atoms with E-state index >= 15 is 0 Å². The second kappa shape index (κ2) is 15.7. The minimum absolute atomic E-state index is 0.496. The summed E-state index contributed by atoms with van der Waals surface area (Å²) in [5, 5.41) is 0. The van der Waals surface area contributed by atoms with E-state index in [1.165, 1.54) is 116 Å². The molecule has 56 heavy (non-hydrogen) atoms. The summed E-state index contributed by atoms with van der Waals surface area (Å²) < 4.78 is 0. The monoisotopic (exact) mass is 748 g/mol. The van der Waals surface area contributed by atoms with Crippen LogP contribution in [0.1, 0.15) is 122 Å². The normalized spacial score (nSPS) is 44.3. The second-order valence-corrected chi connectivity index (χ2v) is 20.3. The number of hydrogen-bond acceptors (Lipinski definition) is 3. The van der Waals surface area contributed by atoms with Crippen molar-refractivity contribution in [2.75, 3.05) is 6.54 Å². The minimum Gasteiger partial charge on any atom is -0.361 e. The lowest BCUT2D eigenvalue weighted by molar-refractivity contribution is 0.0603. The molecule has 0 aromatic carbocycles. The van der Waals surface area contributed by atoms with Gasteiger partial charge < -0.3 is 4.90 Å². The summed E-state index contributed by atoms with van der Waals surface area (Å²) in [7, 11) is 0. The smallest absolute Gasteiger partial charge is 0.0545 e. The van der Waals surface area contributed by atoms with E-state index in [0.29, 0.717) is 35.9 Å². The standard InChI is InChI=1S/C53H69N3/c1-3-12-36(13-4-1)39-16-11-17-44(31-39)55-51-21-10-8-19-47(51)49-34-40(23-25-52(49)55)41-22-24-48-46-18-7-9-20-50(46)56(53(48)35-41)45-32-42(37-14-5-2-6-15-37)30-43(33-45)38-26-28-54-29-27-38/h1,3,8,10-12,14,16-17,19,21,23,25,28,32,38-41,43,45-53H,2,4-7,9,13,15,18,20,22,24,26-27,29-31,33-35H2/t38?,39?,40?,41-,43+,45-,46?,47?,48-,49?,50?,51?,52+,53?/m0/s1. The van der Waals surface area contributed by atoms with Crippen LogP contribution in [0.15, 0.2) is 112 Å². The van der Waals surface area contributed by atoms with Crippen LogP contribution in [-0.2, 0) is 0 Å². The Labute approximate surface area is 339 Å². The lowest BCUT2D eigenvalue weighted by Crippen LogP contribution is -2.49. The van der Waals surface area contributed by atoms with Gasteiger partial charge >= 0.3 is 0 Å². The van der Waals surface area contributed by atoms with E-state index in [1.807, 2.05) is 0 Å². The molecule has 3 aliphatic heterocycles. The van der Waals surface area contributed by atoms with Crippen LogP contribution in [0, 0.1) is 53.3 Å². The Morgan fingerprint density at radius 1 is 0.625 bits per heavy atom. The fraction of sp³-hybridized carbons (Fsp3) is 0.642. The maximum Gasteiger partial charge on any atom is 0.0545 e. The molecule has 0 aromatic heterocycles. The van der Waals surface area contributed by atoms with Crippen LogP contribution in [0.25, 0.3) is 0 Å². The average molecular weight is 748 g/mol. The summed E-state index contributed by atoms with van der Waals surface area (Å²) in [5.41, 5.74) is 6.71. The van der Waals surface area contributed by atoms with Crippen LogP contribution >= 0.6 is 0 Å². The van der Waals surface area contributed by atoms with Crippen LogP contribution in [0.2, 0.25) is 0 Å². The Kier molecular flexibility index (Phi) is 10.1. The van der Waals surface area contributed by atoms with E-state index in [2.05, 4.69) is 101 Å². The zero-order valence-electron chi connectivity index (χ0n) is 34.2. The van der Waals surface area contributed by atoms with Crippen molar-refractivity contribution in [2.24, 2.45) is 58.3 Å². The zero-order valence-corrected chi connectivity index (χ0v) is 34.2. The highest BCUT2D eigenvalue weighted by atomic mass is 15.3. The van der Waals surface area contributed by atoms with Gasteiger partial charge in [-0.3, -0.25) is 9.89 Å². The quantitative estimate of drug-likeness (QED) is 0.252. The summed E-state index contributed by atoms with van der Waals surface area (Å²) >= 11 is 0. The molecular weight excluding hydrogens is 679 g/mol. The molecule has 9 unspecified atom stereocenters. The molecule has 11 rings (SSSR count). The van der Waals surface area contributed by atoms with Crippen molar-refractivity contribution in [3.8, 4) is 0 Å². The lowest BCUT2D eigenvalue weighted by atomic mass is 9.65. The molecule has 3 heterocycles. The second-order valence-electron chi connectivity index (χ2n) is 20.3. The largest absolute Gasteiger partial charge is 0.361 e. The Hall–Kier alpha value is -2.91. The highest BCUT2D eigenvalue weighted by Gasteiger charge is 2.55. The third kappa shape index (κ3) is 6.63. The maximum atomic E-state index is 4.69. The Balaban J connectivity index is 0.861. The van der Waals surface area contributed by atoms with Crippen LogP contribution in [0.3, 0.4) is 0 Å². The van der Waals surface area contributed by atoms with E-state index in [1.54, 1.807) is 22.4 Å². The van der Waals surface area contributed by atoms with Crippen molar-refractivity contribution in [1.29, 1.82) is 0 Å². The topological polar surface area (TPSA) is 18.8 Å². The molecular formula is C53H69N3. The lowest BCUT2D eigenvalue weighted by Gasteiger charge is -2.46. The average Bonchev–Trinajstić information content (AvgIpc) is 3.79.